The van der Waals surface area contributed by atoms with Crippen molar-refractivity contribution in [2.75, 3.05) is 25.1 Å². The molecule has 5 nitrogen and oxygen atoms in total. The average Bonchev–Trinajstić information content (AvgIpc) is 2.35. The zero-order valence-electron chi connectivity index (χ0n) is 11.4. The molecule has 1 heterocycles. The fraction of sp³-hybridized carbons (Fsp3) is 0.692. The van der Waals surface area contributed by atoms with E-state index in [4.69, 9.17) is 9.84 Å². The first-order valence-electron chi connectivity index (χ1n) is 6.41. The van der Waals surface area contributed by atoms with Crippen molar-refractivity contribution in [2.45, 2.75) is 27.2 Å². The molecule has 102 valence electrons. The third-order valence-electron chi connectivity index (χ3n) is 2.43. The molecule has 0 saturated heterocycles. The predicted octanol–water partition coefficient (Wildman–Crippen LogP) is 1.94. The summed E-state index contributed by atoms with van der Waals surface area (Å²) in [6.45, 7) is 7.88. The van der Waals surface area contributed by atoms with Gasteiger partial charge in [-0.05, 0) is 18.3 Å². The van der Waals surface area contributed by atoms with Gasteiger partial charge in [-0.3, -0.25) is 4.98 Å². The number of nitrogens with zero attached hydrogens (tertiary/aromatic N) is 2. The SMILES string of the molecule is CC(C)COc1cncc(NCC(C)CCO)n1. The lowest BCUT2D eigenvalue weighted by atomic mass is 10.1. The van der Waals surface area contributed by atoms with Crippen molar-refractivity contribution in [3.05, 3.63) is 12.4 Å². The van der Waals surface area contributed by atoms with Gasteiger partial charge >= 0.3 is 0 Å². The lowest BCUT2D eigenvalue weighted by Crippen LogP contribution is -2.14. The van der Waals surface area contributed by atoms with E-state index in [2.05, 4.69) is 36.1 Å². The van der Waals surface area contributed by atoms with Gasteiger partial charge in [0.25, 0.3) is 0 Å². The van der Waals surface area contributed by atoms with Crippen LogP contribution in [0.5, 0.6) is 5.88 Å². The summed E-state index contributed by atoms with van der Waals surface area (Å²) < 4.78 is 5.51. The number of aliphatic hydroxyl groups is 1. The van der Waals surface area contributed by atoms with E-state index >= 15 is 0 Å². The van der Waals surface area contributed by atoms with Crippen LogP contribution < -0.4 is 10.1 Å². The summed E-state index contributed by atoms with van der Waals surface area (Å²) in [6, 6.07) is 0. The zero-order chi connectivity index (χ0) is 13.4. The van der Waals surface area contributed by atoms with E-state index in [0.717, 1.165) is 13.0 Å². The Bertz CT molecular complexity index is 345. The number of nitrogens with one attached hydrogen (secondary N) is 1. The van der Waals surface area contributed by atoms with Gasteiger partial charge < -0.3 is 15.2 Å². The van der Waals surface area contributed by atoms with Crippen LogP contribution in [0.1, 0.15) is 27.2 Å². The number of hydrogen-bond donors (Lipinski definition) is 2. The van der Waals surface area contributed by atoms with Gasteiger partial charge in [-0.2, -0.15) is 4.98 Å². The molecule has 0 fully saturated rings. The second kappa shape index (κ2) is 7.87. The summed E-state index contributed by atoms with van der Waals surface area (Å²) in [4.78, 5) is 8.41. The standard InChI is InChI=1S/C13H23N3O2/c1-10(2)9-18-13-8-14-7-12(16-13)15-6-11(3)4-5-17/h7-8,10-11,17H,4-6,9H2,1-3H3,(H,15,16). The molecule has 0 spiro atoms. The normalized spacial score (nSPS) is 12.5. The maximum absolute atomic E-state index is 8.82. The first kappa shape index (κ1) is 14.7. The van der Waals surface area contributed by atoms with E-state index in [0.29, 0.717) is 30.1 Å². The molecule has 0 aliphatic heterocycles. The number of aliphatic hydroxyl groups excluding tert-OH is 1. The lowest BCUT2D eigenvalue weighted by Gasteiger charge is -2.12. The molecule has 0 aromatic carbocycles. The van der Waals surface area contributed by atoms with Gasteiger partial charge in [0, 0.05) is 13.2 Å². The highest BCUT2D eigenvalue weighted by molar-refractivity contribution is 5.33. The Kier molecular flexibility index (Phi) is 6.43. The van der Waals surface area contributed by atoms with Gasteiger partial charge in [-0.25, -0.2) is 0 Å². The van der Waals surface area contributed by atoms with Gasteiger partial charge in [-0.15, -0.1) is 0 Å². The molecular formula is C13H23N3O2. The molecule has 0 bridgehead atoms. The third-order valence-corrected chi connectivity index (χ3v) is 2.43. The van der Waals surface area contributed by atoms with Crippen molar-refractivity contribution in [2.24, 2.45) is 11.8 Å². The van der Waals surface area contributed by atoms with E-state index in [1.807, 2.05) is 0 Å². The molecule has 0 saturated carbocycles. The molecule has 5 heteroatoms. The largest absolute Gasteiger partial charge is 0.476 e. The fourth-order valence-corrected chi connectivity index (χ4v) is 1.36. The molecule has 1 atom stereocenters. The van der Waals surface area contributed by atoms with Crippen LogP contribution in [0.4, 0.5) is 5.82 Å². The second-order valence-electron chi connectivity index (χ2n) is 4.95. The Balaban J connectivity index is 2.43. The Morgan fingerprint density at radius 3 is 2.78 bits per heavy atom. The molecular weight excluding hydrogens is 230 g/mol. The van der Waals surface area contributed by atoms with Crippen LogP contribution in [0.25, 0.3) is 0 Å². The number of rotatable bonds is 8. The van der Waals surface area contributed by atoms with E-state index in [9.17, 15) is 0 Å². The van der Waals surface area contributed by atoms with Gasteiger partial charge in [-0.1, -0.05) is 20.8 Å². The van der Waals surface area contributed by atoms with Crippen LogP contribution in [0.3, 0.4) is 0 Å². The van der Waals surface area contributed by atoms with Gasteiger partial charge in [0.15, 0.2) is 0 Å². The van der Waals surface area contributed by atoms with Crippen molar-refractivity contribution in [3.8, 4) is 5.88 Å². The van der Waals surface area contributed by atoms with Crippen molar-refractivity contribution < 1.29 is 9.84 Å². The first-order chi connectivity index (χ1) is 8.61. The summed E-state index contributed by atoms with van der Waals surface area (Å²) in [5, 5.41) is 12.0. The Hall–Kier alpha value is -1.36. The molecule has 18 heavy (non-hydrogen) atoms. The van der Waals surface area contributed by atoms with Crippen LogP contribution in [-0.4, -0.2) is 34.8 Å². The quantitative estimate of drug-likeness (QED) is 0.741. The minimum atomic E-state index is 0.214. The molecule has 0 aliphatic rings. The maximum atomic E-state index is 8.82. The molecule has 1 unspecified atom stereocenters. The summed E-state index contributed by atoms with van der Waals surface area (Å²) in [7, 11) is 0. The highest BCUT2D eigenvalue weighted by atomic mass is 16.5. The molecule has 0 aliphatic carbocycles. The van der Waals surface area contributed by atoms with Crippen molar-refractivity contribution >= 4 is 5.82 Å². The molecule has 1 rings (SSSR count). The molecule has 0 radical (unpaired) electrons. The molecule has 1 aromatic heterocycles. The van der Waals surface area contributed by atoms with Crippen LogP contribution >= 0.6 is 0 Å². The molecule has 1 aromatic rings. The van der Waals surface area contributed by atoms with Gasteiger partial charge in [0.2, 0.25) is 5.88 Å². The molecule has 0 amide bonds. The number of aromatic nitrogens is 2. The van der Waals surface area contributed by atoms with Crippen LogP contribution in [0.15, 0.2) is 12.4 Å². The van der Waals surface area contributed by atoms with Gasteiger partial charge in [0.1, 0.15) is 5.82 Å². The summed E-state index contributed by atoms with van der Waals surface area (Å²) in [5.41, 5.74) is 0. The minimum absolute atomic E-state index is 0.214. The first-order valence-corrected chi connectivity index (χ1v) is 6.41. The number of hydrogen-bond acceptors (Lipinski definition) is 5. The molecule has 2 N–H and O–H groups in total. The van der Waals surface area contributed by atoms with Crippen molar-refractivity contribution in [3.63, 3.8) is 0 Å². The third kappa shape index (κ3) is 5.82. The lowest BCUT2D eigenvalue weighted by molar-refractivity contribution is 0.260. The van der Waals surface area contributed by atoms with E-state index < -0.39 is 0 Å². The Labute approximate surface area is 109 Å². The highest BCUT2D eigenvalue weighted by Crippen LogP contribution is 2.11. The second-order valence-corrected chi connectivity index (χ2v) is 4.95. The van der Waals surface area contributed by atoms with Crippen LogP contribution in [0, 0.1) is 11.8 Å². The van der Waals surface area contributed by atoms with Crippen molar-refractivity contribution in [1.82, 2.24) is 9.97 Å². The minimum Gasteiger partial charge on any atom is -0.476 e. The Morgan fingerprint density at radius 2 is 2.11 bits per heavy atom. The van der Waals surface area contributed by atoms with Gasteiger partial charge in [0.05, 0.1) is 19.0 Å². The summed E-state index contributed by atoms with van der Waals surface area (Å²) in [6.07, 6.45) is 4.07. The number of anilines is 1. The van der Waals surface area contributed by atoms with Crippen LogP contribution in [-0.2, 0) is 0 Å². The zero-order valence-corrected chi connectivity index (χ0v) is 11.4. The topological polar surface area (TPSA) is 67.3 Å². The summed E-state index contributed by atoms with van der Waals surface area (Å²) in [5.74, 6) is 2.12. The predicted molar refractivity (Wildman–Crippen MR) is 71.7 cm³/mol. The maximum Gasteiger partial charge on any atom is 0.234 e. The monoisotopic (exact) mass is 253 g/mol. The smallest absolute Gasteiger partial charge is 0.234 e. The number of ether oxygens (including phenoxy) is 1. The van der Waals surface area contributed by atoms with E-state index in [-0.39, 0.29) is 6.61 Å². The Morgan fingerprint density at radius 1 is 1.33 bits per heavy atom. The van der Waals surface area contributed by atoms with E-state index in [1.54, 1.807) is 12.4 Å². The van der Waals surface area contributed by atoms with Crippen molar-refractivity contribution in [1.29, 1.82) is 0 Å². The highest BCUT2D eigenvalue weighted by Gasteiger charge is 2.04. The summed E-state index contributed by atoms with van der Waals surface area (Å²) >= 11 is 0. The van der Waals surface area contributed by atoms with E-state index in [1.165, 1.54) is 0 Å². The average molecular weight is 253 g/mol. The van der Waals surface area contributed by atoms with Crippen LogP contribution in [0.2, 0.25) is 0 Å². The fourth-order valence-electron chi connectivity index (χ4n) is 1.36.